The van der Waals surface area contributed by atoms with E-state index in [4.69, 9.17) is 27.9 Å². The molecule has 2 N–H and O–H groups in total. The molecule has 188 valence electrons. The van der Waals surface area contributed by atoms with Gasteiger partial charge in [0.05, 0.1) is 26.5 Å². The predicted octanol–water partition coefficient (Wildman–Crippen LogP) is 6.18. The lowest BCUT2D eigenvalue weighted by Crippen LogP contribution is -2.69. The summed E-state index contributed by atoms with van der Waals surface area (Å²) in [6, 6.07) is 7.57. The van der Waals surface area contributed by atoms with Crippen molar-refractivity contribution >= 4 is 39.9 Å². The fraction of sp³-hybridized carbons (Fsp3) is 0.346. The summed E-state index contributed by atoms with van der Waals surface area (Å²) in [5.74, 6) is 0.432. The Morgan fingerprint density at radius 1 is 1.08 bits per heavy atom. The molecule has 1 aliphatic rings. The molecule has 0 bridgehead atoms. The second kappa shape index (κ2) is 9.50. The molecule has 1 atom stereocenters. The molecular formula is C26H27Cl2FN6O. The van der Waals surface area contributed by atoms with Crippen LogP contribution in [0, 0.1) is 5.82 Å². The van der Waals surface area contributed by atoms with E-state index < -0.39 is 11.9 Å². The van der Waals surface area contributed by atoms with Crippen molar-refractivity contribution in [1.82, 2.24) is 25.5 Å². The molecule has 1 saturated heterocycles. The lowest BCUT2D eigenvalue weighted by molar-refractivity contribution is 0.217. The Kier molecular flexibility index (Phi) is 6.53. The second-order valence-corrected chi connectivity index (χ2v) is 10.6. The Hall–Kier alpha value is -2.94. The van der Waals surface area contributed by atoms with Crippen LogP contribution < -0.4 is 15.0 Å². The molecule has 1 aromatic carbocycles. The Bertz CT molecular complexity index is 1380. The number of fused-ring (bicyclic) bond motifs is 1. The van der Waals surface area contributed by atoms with E-state index in [1.807, 2.05) is 12.1 Å². The first kappa shape index (κ1) is 24.7. The van der Waals surface area contributed by atoms with Crippen molar-refractivity contribution in [2.24, 2.45) is 0 Å². The van der Waals surface area contributed by atoms with E-state index in [-0.39, 0.29) is 11.3 Å². The number of anilines is 1. The normalized spacial score (nSPS) is 15.8. The number of hydrogen-bond donors (Lipinski definition) is 2. The van der Waals surface area contributed by atoms with E-state index in [0.717, 1.165) is 18.9 Å². The molecular weight excluding hydrogens is 502 g/mol. The van der Waals surface area contributed by atoms with E-state index >= 15 is 4.39 Å². The molecule has 1 aliphatic heterocycles. The highest BCUT2D eigenvalue weighted by Gasteiger charge is 2.39. The first-order valence-corrected chi connectivity index (χ1v) is 12.5. The fourth-order valence-electron chi connectivity index (χ4n) is 4.87. The third-order valence-electron chi connectivity index (χ3n) is 6.29. The third-order valence-corrected chi connectivity index (χ3v) is 6.90. The first-order chi connectivity index (χ1) is 17.1. The van der Waals surface area contributed by atoms with Crippen LogP contribution in [-0.4, -0.2) is 44.8 Å². The number of aromatic nitrogens is 4. The van der Waals surface area contributed by atoms with Crippen LogP contribution in [0.25, 0.3) is 22.2 Å². The van der Waals surface area contributed by atoms with E-state index in [1.54, 1.807) is 25.3 Å². The van der Waals surface area contributed by atoms with Crippen LogP contribution in [0.4, 0.5) is 10.2 Å². The highest BCUT2D eigenvalue weighted by Crippen LogP contribution is 2.37. The van der Waals surface area contributed by atoms with Crippen LogP contribution in [0.2, 0.25) is 10.0 Å². The maximum atomic E-state index is 15.7. The summed E-state index contributed by atoms with van der Waals surface area (Å²) >= 11 is 12.5. The number of hydrogen-bond acceptors (Lipinski definition) is 6. The minimum atomic E-state index is -0.594. The predicted molar refractivity (Wildman–Crippen MR) is 141 cm³/mol. The molecule has 0 radical (unpaired) electrons. The van der Waals surface area contributed by atoms with Gasteiger partial charge in [-0.2, -0.15) is 5.10 Å². The summed E-state index contributed by atoms with van der Waals surface area (Å²) in [4.78, 5) is 10.8. The van der Waals surface area contributed by atoms with Crippen molar-refractivity contribution in [2.75, 3.05) is 18.0 Å². The van der Waals surface area contributed by atoms with Gasteiger partial charge in [-0.15, -0.1) is 0 Å². The van der Waals surface area contributed by atoms with E-state index in [0.29, 0.717) is 43.8 Å². The number of nitrogens with one attached hydrogen (secondary N) is 2. The highest BCUT2D eigenvalue weighted by atomic mass is 35.5. The maximum Gasteiger partial charge on any atom is 0.176 e. The highest BCUT2D eigenvalue weighted by molar-refractivity contribution is 6.35. The summed E-state index contributed by atoms with van der Waals surface area (Å²) < 4.78 is 21.6. The smallest absolute Gasteiger partial charge is 0.176 e. The van der Waals surface area contributed by atoms with Gasteiger partial charge in [0.15, 0.2) is 11.6 Å². The zero-order valence-corrected chi connectivity index (χ0v) is 22.0. The van der Waals surface area contributed by atoms with Crippen LogP contribution in [0.3, 0.4) is 0 Å². The number of halogens is 3. The number of rotatable bonds is 7. The van der Waals surface area contributed by atoms with Gasteiger partial charge in [-0.25, -0.2) is 9.37 Å². The molecule has 0 aliphatic carbocycles. The lowest BCUT2D eigenvalue weighted by atomic mass is 9.91. The Labute approximate surface area is 219 Å². The van der Waals surface area contributed by atoms with Gasteiger partial charge in [-0.3, -0.25) is 10.1 Å². The Balaban J connectivity index is 1.39. The van der Waals surface area contributed by atoms with Crippen molar-refractivity contribution in [3.63, 3.8) is 0 Å². The summed E-state index contributed by atoms with van der Waals surface area (Å²) in [5, 5.41) is 11.9. The number of pyridine rings is 2. The molecule has 0 spiro atoms. The van der Waals surface area contributed by atoms with Crippen LogP contribution in [0.1, 0.15) is 39.4 Å². The molecule has 5 rings (SSSR count). The fourth-order valence-corrected chi connectivity index (χ4v) is 5.54. The van der Waals surface area contributed by atoms with Gasteiger partial charge < -0.3 is 15.0 Å². The quantitative estimate of drug-likeness (QED) is 0.298. The number of aromatic amines is 1. The number of benzene rings is 1. The van der Waals surface area contributed by atoms with Gasteiger partial charge in [-0.05, 0) is 38.1 Å². The second-order valence-electron chi connectivity index (χ2n) is 9.77. The number of ether oxygens (including phenoxy) is 1. The average molecular weight is 529 g/mol. The van der Waals surface area contributed by atoms with Gasteiger partial charge in [0.1, 0.15) is 17.6 Å². The zero-order valence-electron chi connectivity index (χ0n) is 20.4. The van der Waals surface area contributed by atoms with Crippen molar-refractivity contribution in [3.8, 4) is 17.0 Å². The number of nitrogens with zero attached hydrogens (tertiary/aromatic N) is 4. The van der Waals surface area contributed by atoms with Crippen LogP contribution in [-0.2, 0) is 0 Å². The van der Waals surface area contributed by atoms with Gasteiger partial charge in [0, 0.05) is 48.8 Å². The van der Waals surface area contributed by atoms with Gasteiger partial charge >= 0.3 is 0 Å². The summed E-state index contributed by atoms with van der Waals surface area (Å²) in [6.45, 7) is 10.0. The van der Waals surface area contributed by atoms with Crippen LogP contribution in [0.15, 0.2) is 42.9 Å². The van der Waals surface area contributed by atoms with Gasteiger partial charge in [-0.1, -0.05) is 37.0 Å². The van der Waals surface area contributed by atoms with Crippen LogP contribution >= 0.6 is 23.2 Å². The summed E-state index contributed by atoms with van der Waals surface area (Å²) in [6.07, 6.45) is 4.09. The summed E-state index contributed by atoms with van der Waals surface area (Å²) in [7, 11) is 0. The molecule has 4 heterocycles. The molecule has 0 unspecified atom stereocenters. The molecule has 0 amide bonds. The summed E-state index contributed by atoms with van der Waals surface area (Å²) in [5.41, 5.74) is 2.36. The third kappa shape index (κ3) is 4.61. The van der Waals surface area contributed by atoms with E-state index in [1.165, 1.54) is 12.4 Å². The monoisotopic (exact) mass is 528 g/mol. The Morgan fingerprint density at radius 2 is 1.81 bits per heavy atom. The van der Waals surface area contributed by atoms with Crippen molar-refractivity contribution in [1.29, 1.82) is 0 Å². The van der Waals surface area contributed by atoms with Crippen molar-refractivity contribution in [2.45, 2.75) is 45.4 Å². The minimum absolute atomic E-state index is 0.0729. The minimum Gasteiger partial charge on any atom is -0.483 e. The van der Waals surface area contributed by atoms with Crippen molar-refractivity contribution < 1.29 is 9.13 Å². The molecule has 10 heteroatoms. The lowest BCUT2D eigenvalue weighted by Gasteiger charge is -2.50. The maximum absolute atomic E-state index is 15.7. The molecule has 1 fully saturated rings. The molecule has 36 heavy (non-hydrogen) atoms. The number of H-pyrrole nitrogens is 1. The van der Waals surface area contributed by atoms with Crippen molar-refractivity contribution in [3.05, 3.63) is 64.3 Å². The topological polar surface area (TPSA) is 79.0 Å². The van der Waals surface area contributed by atoms with E-state index in [2.05, 4.69) is 51.2 Å². The standard InChI is InChI=1S/C26H27Cl2FN6O/c1-14(2)32-26(4)12-35(13-26)21-8-5-16(9-31-21)25-23-19(33-34-25)6-7-20(24(23)29)36-15(3)22-17(27)10-30-11-18(22)28/h5-11,14-15,32H,12-13H2,1-4H3,(H,33,34)/t15-/m1/s1. The van der Waals surface area contributed by atoms with Gasteiger partial charge in [0.2, 0.25) is 0 Å². The molecule has 0 saturated carbocycles. The van der Waals surface area contributed by atoms with Crippen LogP contribution in [0.5, 0.6) is 5.75 Å². The average Bonchev–Trinajstić information content (AvgIpc) is 3.24. The largest absolute Gasteiger partial charge is 0.483 e. The molecule has 3 aromatic heterocycles. The molecule has 7 nitrogen and oxygen atoms in total. The Morgan fingerprint density at radius 3 is 2.44 bits per heavy atom. The molecule has 4 aromatic rings. The first-order valence-electron chi connectivity index (χ1n) is 11.8. The van der Waals surface area contributed by atoms with Gasteiger partial charge in [0.25, 0.3) is 0 Å². The zero-order chi connectivity index (χ0) is 25.6. The van der Waals surface area contributed by atoms with E-state index in [9.17, 15) is 0 Å². The SMILES string of the molecule is CC(C)NC1(C)CN(c2ccc(-c3n[nH]c4ccc(O[C@H](C)c5c(Cl)cncc5Cl)c(F)c34)cn2)C1.